The van der Waals surface area contributed by atoms with Crippen LogP contribution in [0.1, 0.15) is 37.7 Å². The monoisotopic (exact) mass is 368 g/mol. The van der Waals surface area contributed by atoms with Crippen molar-refractivity contribution in [1.82, 2.24) is 19.8 Å². The topological polar surface area (TPSA) is 59.4 Å². The minimum Gasteiger partial charge on any atom is -0.376 e. The number of amides is 2. The maximum atomic E-state index is 12.9. The molecule has 1 saturated carbocycles. The predicted molar refractivity (Wildman–Crippen MR) is 104 cm³/mol. The summed E-state index contributed by atoms with van der Waals surface area (Å²) >= 11 is 0. The fourth-order valence-corrected chi connectivity index (χ4v) is 3.86. The largest absolute Gasteiger partial charge is 0.376 e. The Bertz CT molecular complexity index is 736. The van der Waals surface area contributed by atoms with E-state index in [9.17, 15) is 4.79 Å². The Morgan fingerprint density at radius 2 is 2.11 bits per heavy atom. The van der Waals surface area contributed by atoms with Gasteiger partial charge in [0, 0.05) is 38.6 Å². The number of hydrogen-bond acceptors (Lipinski definition) is 3. The van der Waals surface area contributed by atoms with Crippen LogP contribution in [-0.4, -0.2) is 46.3 Å². The molecule has 4 rings (SSSR count). The van der Waals surface area contributed by atoms with E-state index >= 15 is 0 Å². The van der Waals surface area contributed by atoms with Gasteiger partial charge in [-0.2, -0.15) is 0 Å². The van der Waals surface area contributed by atoms with Crippen molar-refractivity contribution >= 4 is 6.03 Å². The van der Waals surface area contributed by atoms with Gasteiger partial charge in [-0.15, -0.1) is 0 Å². The van der Waals surface area contributed by atoms with E-state index in [0.29, 0.717) is 19.0 Å². The van der Waals surface area contributed by atoms with Gasteiger partial charge in [0.1, 0.15) is 0 Å². The molecule has 0 bridgehead atoms. The summed E-state index contributed by atoms with van der Waals surface area (Å²) in [7, 11) is 0. The summed E-state index contributed by atoms with van der Waals surface area (Å²) in [6.07, 6.45) is 11.6. The SMILES string of the molecule is O=C(NCc1ccccc1-n1ccnc1)N(CC1CCC1)C[C@@H]1CCCO1. The second-order valence-corrected chi connectivity index (χ2v) is 7.59. The summed E-state index contributed by atoms with van der Waals surface area (Å²) in [5.74, 6) is 0.649. The molecular formula is C21H28N4O2. The van der Waals surface area contributed by atoms with Crippen LogP contribution in [-0.2, 0) is 11.3 Å². The van der Waals surface area contributed by atoms with E-state index in [1.54, 1.807) is 12.5 Å². The normalized spacial score (nSPS) is 19.6. The van der Waals surface area contributed by atoms with Crippen molar-refractivity contribution in [3.8, 4) is 5.69 Å². The van der Waals surface area contributed by atoms with E-state index in [1.165, 1.54) is 19.3 Å². The molecule has 0 unspecified atom stereocenters. The van der Waals surface area contributed by atoms with Crippen molar-refractivity contribution < 1.29 is 9.53 Å². The van der Waals surface area contributed by atoms with Gasteiger partial charge in [0.15, 0.2) is 0 Å². The van der Waals surface area contributed by atoms with Gasteiger partial charge in [-0.1, -0.05) is 24.6 Å². The molecule has 6 nitrogen and oxygen atoms in total. The number of carbonyl (C=O) groups excluding carboxylic acids is 1. The van der Waals surface area contributed by atoms with Crippen LogP contribution in [0.25, 0.3) is 5.69 Å². The number of carbonyl (C=O) groups is 1. The second-order valence-electron chi connectivity index (χ2n) is 7.59. The molecule has 1 saturated heterocycles. The average Bonchev–Trinajstić information content (AvgIpc) is 3.35. The lowest BCUT2D eigenvalue weighted by Gasteiger charge is -2.33. The van der Waals surface area contributed by atoms with Gasteiger partial charge in [0.2, 0.25) is 0 Å². The molecule has 1 aliphatic heterocycles. The van der Waals surface area contributed by atoms with Crippen LogP contribution >= 0.6 is 0 Å². The Balaban J connectivity index is 1.40. The van der Waals surface area contributed by atoms with Gasteiger partial charge in [-0.3, -0.25) is 0 Å². The van der Waals surface area contributed by atoms with E-state index < -0.39 is 0 Å². The number of rotatable bonds is 7. The first kappa shape index (κ1) is 18.0. The fourth-order valence-electron chi connectivity index (χ4n) is 3.86. The Kier molecular flexibility index (Phi) is 5.72. The molecule has 1 aliphatic carbocycles. The van der Waals surface area contributed by atoms with Gasteiger partial charge in [-0.25, -0.2) is 9.78 Å². The average molecular weight is 368 g/mol. The molecule has 2 heterocycles. The smallest absolute Gasteiger partial charge is 0.317 e. The molecule has 1 aromatic heterocycles. The molecule has 2 amide bonds. The van der Waals surface area contributed by atoms with Crippen molar-refractivity contribution in [1.29, 1.82) is 0 Å². The van der Waals surface area contributed by atoms with Gasteiger partial charge in [0.25, 0.3) is 0 Å². The number of urea groups is 1. The summed E-state index contributed by atoms with van der Waals surface area (Å²) in [4.78, 5) is 19.0. The van der Waals surface area contributed by atoms with Crippen LogP contribution in [0.15, 0.2) is 43.0 Å². The third kappa shape index (κ3) is 4.50. The lowest BCUT2D eigenvalue weighted by Crippen LogP contribution is -2.46. The first-order valence-electron chi connectivity index (χ1n) is 10.00. The van der Waals surface area contributed by atoms with Crippen molar-refractivity contribution in [3.63, 3.8) is 0 Å². The number of hydrogen-bond donors (Lipinski definition) is 1. The van der Waals surface area contributed by atoms with E-state index in [4.69, 9.17) is 4.74 Å². The number of nitrogens with zero attached hydrogens (tertiary/aromatic N) is 3. The maximum absolute atomic E-state index is 12.9. The fraction of sp³-hybridized carbons (Fsp3) is 0.524. The van der Waals surface area contributed by atoms with Crippen molar-refractivity contribution in [2.24, 2.45) is 5.92 Å². The maximum Gasteiger partial charge on any atom is 0.317 e. The predicted octanol–water partition coefficient (Wildman–Crippen LogP) is 3.36. The Morgan fingerprint density at radius 3 is 2.81 bits per heavy atom. The summed E-state index contributed by atoms with van der Waals surface area (Å²) in [6.45, 7) is 2.86. The van der Waals surface area contributed by atoms with Gasteiger partial charge >= 0.3 is 6.03 Å². The highest BCUT2D eigenvalue weighted by Gasteiger charge is 2.27. The summed E-state index contributed by atoms with van der Waals surface area (Å²) in [5.41, 5.74) is 2.12. The van der Waals surface area contributed by atoms with Crippen molar-refractivity contribution in [2.45, 2.75) is 44.8 Å². The highest BCUT2D eigenvalue weighted by Crippen LogP contribution is 2.27. The molecule has 1 aromatic carbocycles. The minimum atomic E-state index is 0.0119. The van der Waals surface area contributed by atoms with E-state index in [2.05, 4.69) is 10.3 Å². The first-order chi connectivity index (χ1) is 13.3. The second kappa shape index (κ2) is 8.57. The van der Waals surface area contributed by atoms with Crippen molar-refractivity contribution in [2.75, 3.05) is 19.7 Å². The summed E-state index contributed by atoms with van der Waals surface area (Å²) < 4.78 is 7.74. The number of aromatic nitrogens is 2. The Labute approximate surface area is 160 Å². The molecule has 2 aliphatic rings. The first-order valence-corrected chi connectivity index (χ1v) is 10.00. The van der Waals surface area contributed by atoms with Crippen LogP contribution in [0.3, 0.4) is 0 Å². The molecular weight excluding hydrogens is 340 g/mol. The number of nitrogens with one attached hydrogen (secondary N) is 1. The lowest BCUT2D eigenvalue weighted by atomic mass is 9.85. The zero-order valence-electron chi connectivity index (χ0n) is 15.7. The zero-order chi connectivity index (χ0) is 18.5. The van der Waals surface area contributed by atoms with E-state index in [1.807, 2.05) is 39.9 Å². The van der Waals surface area contributed by atoms with Gasteiger partial charge < -0.3 is 19.5 Å². The van der Waals surface area contributed by atoms with Gasteiger partial charge in [0.05, 0.1) is 18.1 Å². The third-order valence-corrected chi connectivity index (χ3v) is 5.64. The number of para-hydroxylation sites is 1. The molecule has 6 heteroatoms. The summed E-state index contributed by atoms with van der Waals surface area (Å²) in [6, 6.07) is 8.10. The van der Waals surface area contributed by atoms with Crippen LogP contribution in [0, 0.1) is 5.92 Å². The van der Waals surface area contributed by atoms with Crippen LogP contribution in [0.2, 0.25) is 0 Å². The molecule has 27 heavy (non-hydrogen) atoms. The van der Waals surface area contributed by atoms with Crippen LogP contribution in [0.5, 0.6) is 0 Å². The molecule has 0 spiro atoms. The Morgan fingerprint density at radius 1 is 1.22 bits per heavy atom. The molecule has 0 radical (unpaired) electrons. The highest BCUT2D eigenvalue weighted by atomic mass is 16.5. The lowest BCUT2D eigenvalue weighted by molar-refractivity contribution is 0.0720. The van der Waals surface area contributed by atoms with Gasteiger partial charge in [-0.05, 0) is 43.2 Å². The quantitative estimate of drug-likeness (QED) is 0.815. The molecule has 2 aromatic rings. The summed E-state index contributed by atoms with van der Waals surface area (Å²) in [5, 5.41) is 3.13. The number of ether oxygens (including phenoxy) is 1. The molecule has 2 fully saturated rings. The highest BCUT2D eigenvalue weighted by molar-refractivity contribution is 5.74. The molecule has 1 N–H and O–H groups in total. The van der Waals surface area contributed by atoms with Crippen LogP contribution in [0.4, 0.5) is 4.79 Å². The van der Waals surface area contributed by atoms with Crippen LogP contribution < -0.4 is 5.32 Å². The minimum absolute atomic E-state index is 0.0119. The Hall–Kier alpha value is -2.34. The molecule has 144 valence electrons. The zero-order valence-corrected chi connectivity index (χ0v) is 15.7. The van der Waals surface area contributed by atoms with E-state index in [0.717, 1.165) is 37.2 Å². The van der Waals surface area contributed by atoms with E-state index in [-0.39, 0.29) is 12.1 Å². The standard InChI is InChI=1S/C21H28N4O2/c26-21(25(14-17-5-3-6-17)15-19-8-4-12-27-19)23-13-18-7-1-2-9-20(18)24-11-10-22-16-24/h1-2,7,9-11,16-17,19H,3-6,8,12-15H2,(H,23,26)/t19-/m0/s1. The number of imidazole rings is 1. The molecule has 1 atom stereocenters. The van der Waals surface area contributed by atoms with Crippen molar-refractivity contribution in [3.05, 3.63) is 48.5 Å². The number of benzene rings is 1. The third-order valence-electron chi connectivity index (χ3n) is 5.64.